The molecular weight excluding hydrogens is 336 g/mol. The topological polar surface area (TPSA) is 15.6 Å². The highest BCUT2D eigenvalue weighted by atomic mass is 32.1. The quantitative estimate of drug-likeness (QED) is 0.540. The second-order valence-electron chi connectivity index (χ2n) is 7.23. The number of rotatable bonds is 3. The van der Waals surface area contributed by atoms with Gasteiger partial charge in [0.05, 0.1) is 23.2 Å². The van der Waals surface area contributed by atoms with E-state index in [1.54, 1.807) is 11.3 Å². The number of hydrogen-bond donors (Lipinski definition) is 0. The lowest BCUT2D eigenvalue weighted by Gasteiger charge is -2.62. The zero-order chi connectivity index (χ0) is 17.7. The molecule has 3 heteroatoms. The predicted octanol–water partition coefficient (Wildman–Crippen LogP) is 6.26. The van der Waals surface area contributed by atoms with Crippen LogP contribution in [0, 0.1) is 0 Å². The van der Waals surface area contributed by atoms with Crippen LogP contribution in [0.1, 0.15) is 49.0 Å². The van der Waals surface area contributed by atoms with Crippen LogP contribution in [0.3, 0.4) is 0 Å². The van der Waals surface area contributed by atoms with Crippen molar-refractivity contribution < 1.29 is 0 Å². The van der Waals surface area contributed by atoms with Crippen molar-refractivity contribution in [3.05, 3.63) is 88.1 Å². The van der Waals surface area contributed by atoms with Crippen molar-refractivity contribution in [1.29, 1.82) is 0 Å². The van der Waals surface area contributed by atoms with Gasteiger partial charge in [0.15, 0.2) is 0 Å². The summed E-state index contributed by atoms with van der Waals surface area (Å²) in [6, 6.07) is 22.5. The first-order valence-corrected chi connectivity index (χ1v) is 10.3. The summed E-state index contributed by atoms with van der Waals surface area (Å²) >= 11 is 1.78. The van der Waals surface area contributed by atoms with E-state index in [1.165, 1.54) is 22.5 Å². The van der Waals surface area contributed by atoms with Gasteiger partial charge >= 0.3 is 0 Å². The minimum Gasteiger partial charge on any atom is -0.344 e. The van der Waals surface area contributed by atoms with Crippen LogP contribution >= 0.6 is 11.3 Å². The van der Waals surface area contributed by atoms with E-state index in [2.05, 4.69) is 90.2 Å². The van der Waals surface area contributed by atoms with Gasteiger partial charge in [-0.15, -0.1) is 0 Å². The molecule has 1 fully saturated rings. The average molecular weight is 359 g/mol. The molecule has 0 radical (unpaired) electrons. The molecule has 2 nitrogen and oxygen atoms in total. The first kappa shape index (κ1) is 15.8. The SMILES string of the molecule is CC[C@]1(c2ccccc2)C2=Nc3ccccc3[C@H](C)N2[C@H]1c1ccsc1. The Bertz CT molecular complexity index is 961. The number of thiophene rings is 1. The Morgan fingerprint density at radius 1 is 1.04 bits per heavy atom. The minimum absolute atomic E-state index is 0.0515. The van der Waals surface area contributed by atoms with E-state index in [4.69, 9.17) is 4.99 Å². The van der Waals surface area contributed by atoms with E-state index < -0.39 is 0 Å². The summed E-state index contributed by atoms with van der Waals surface area (Å²) in [4.78, 5) is 7.71. The molecule has 0 unspecified atom stereocenters. The van der Waals surface area contributed by atoms with Gasteiger partial charge in [0.25, 0.3) is 0 Å². The van der Waals surface area contributed by atoms with Gasteiger partial charge in [-0.25, -0.2) is 4.99 Å². The summed E-state index contributed by atoms with van der Waals surface area (Å²) in [5.41, 5.74) is 5.19. The maximum absolute atomic E-state index is 5.17. The Morgan fingerprint density at radius 3 is 2.54 bits per heavy atom. The van der Waals surface area contributed by atoms with E-state index in [9.17, 15) is 0 Å². The molecule has 0 spiro atoms. The molecule has 3 heterocycles. The third-order valence-electron chi connectivity index (χ3n) is 6.12. The normalized spacial score (nSPS) is 26.5. The third-order valence-corrected chi connectivity index (χ3v) is 6.83. The Balaban J connectivity index is 1.76. The predicted molar refractivity (Wildman–Crippen MR) is 109 cm³/mol. The van der Waals surface area contributed by atoms with Gasteiger partial charge in [-0.05, 0) is 47.4 Å². The number of hydrogen-bond acceptors (Lipinski definition) is 3. The van der Waals surface area contributed by atoms with Crippen LogP contribution in [0.5, 0.6) is 0 Å². The van der Waals surface area contributed by atoms with Gasteiger partial charge in [-0.3, -0.25) is 0 Å². The van der Waals surface area contributed by atoms with Crippen molar-refractivity contribution in [1.82, 2.24) is 4.90 Å². The van der Waals surface area contributed by atoms with Crippen LogP contribution < -0.4 is 0 Å². The third kappa shape index (κ3) is 1.95. The fourth-order valence-electron chi connectivity index (χ4n) is 4.87. The van der Waals surface area contributed by atoms with Gasteiger partial charge in [0, 0.05) is 5.56 Å². The van der Waals surface area contributed by atoms with Gasteiger partial charge in [0.2, 0.25) is 0 Å². The molecule has 2 aliphatic heterocycles. The summed E-state index contributed by atoms with van der Waals surface area (Å²) in [6.07, 6.45) is 1.04. The maximum atomic E-state index is 5.17. The number of amidine groups is 1. The molecule has 3 aromatic rings. The fraction of sp³-hybridized carbons (Fsp3) is 0.261. The molecule has 2 aromatic carbocycles. The molecule has 0 saturated carbocycles. The van der Waals surface area contributed by atoms with E-state index in [0.29, 0.717) is 12.1 Å². The van der Waals surface area contributed by atoms with E-state index in [0.717, 1.165) is 12.1 Å². The smallest absolute Gasteiger partial charge is 0.119 e. The highest BCUT2D eigenvalue weighted by Gasteiger charge is 2.61. The Hall–Kier alpha value is -2.39. The molecule has 3 atom stereocenters. The molecule has 1 saturated heterocycles. The highest BCUT2D eigenvalue weighted by molar-refractivity contribution is 7.08. The van der Waals surface area contributed by atoms with Crippen LogP contribution in [0.2, 0.25) is 0 Å². The molecule has 2 aliphatic rings. The van der Waals surface area contributed by atoms with Crippen molar-refractivity contribution in [3.63, 3.8) is 0 Å². The van der Waals surface area contributed by atoms with E-state index >= 15 is 0 Å². The average Bonchev–Trinajstić information content (AvgIpc) is 3.19. The second-order valence-corrected chi connectivity index (χ2v) is 8.01. The summed E-state index contributed by atoms with van der Waals surface area (Å²) in [5, 5.41) is 4.50. The Morgan fingerprint density at radius 2 is 1.81 bits per heavy atom. The van der Waals surface area contributed by atoms with Crippen LogP contribution in [-0.2, 0) is 5.41 Å². The number of aliphatic imine (C=N–C) groups is 1. The molecule has 0 bridgehead atoms. The van der Waals surface area contributed by atoms with Crippen LogP contribution in [-0.4, -0.2) is 10.7 Å². The van der Waals surface area contributed by atoms with Gasteiger partial charge in [0.1, 0.15) is 5.84 Å². The number of para-hydroxylation sites is 1. The van der Waals surface area contributed by atoms with E-state index in [1.807, 2.05) is 0 Å². The lowest BCUT2D eigenvalue weighted by atomic mass is 9.60. The monoisotopic (exact) mass is 358 g/mol. The zero-order valence-corrected chi connectivity index (χ0v) is 15.9. The van der Waals surface area contributed by atoms with E-state index in [-0.39, 0.29) is 5.41 Å². The van der Waals surface area contributed by atoms with Crippen molar-refractivity contribution in [2.24, 2.45) is 4.99 Å². The lowest BCUT2D eigenvalue weighted by molar-refractivity contribution is 0.0967. The summed E-state index contributed by atoms with van der Waals surface area (Å²) in [6.45, 7) is 4.62. The zero-order valence-electron chi connectivity index (χ0n) is 15.1. The number of benzene rings is 2. The lowest BCUT2D eigenvalue weighted by Crippen LogP contribution is -2.66. The molecule has 0 amide bonds. The standard InChI is InChI=1S/C23H22N2S/c1-3-23(18-9-5-4-6-10-18)21(17-13-14-26-15-17)25-16(2)19-11-7-8-12-20(19)24-22(23)25/h4-16,21H,3H2,1-2H3/t16-,21-,23+/m0/s1. The Labute approximate surface area is 158 Å². The minimum atomic E-state index is -0.0515. The van der Waals surface area contributed by atoms with Crippen molar-refractivity contribution in [2.45, 2.75) is 37.8 Å². The van der Waals surface area contributed by atoms with Crippen LogP contribution in [0.4, 0.5) is 5.69 Å². The molecule has 1 aromatic heterocycles. The molecule has 5 rings (SSSR count). The first-order chi connectivity index (χ1) is 12.8. The Kier molecular flexibility index (Phi) is 3.54. The van der Waals surface area contributed by atoms with Crippen LogP contribution in [0.15, 0.2) is 76.4 Å². The fourth-order valence-corrected chi connectivity index (χ4v) is 5.55. The first-order valence-electron chi connectivity index (χ1n) is 9.31. The summed E-state index contributed by atoms with van der Waals surface area (Å²) in [5.74, 6) is 1.23. The summed E-state index contributed by atoms with van der Waals surface area (Å²) in [7, 11) is 0. The van der Waals surface area contributed by atoms with Crippen molar-refractivity contribution >= 4 is 22.9 Å². The van der Waals surface area contributed by atoms with Gasteiger partial charge < -0.3 is 4.90 Å². The maximum Gasteiger partial charge on any atom is 0.119 e. The molecule has 0 aliphatic carbocycles. The van der Waals surface area contributed by atoms with Gasteiger partial charge in [-0.2, -0.15) is 11.3 Å². The van der Waals surface area contributed by atoms with Crippen molar-refractivity contribution in [2.75, 3.05) is 0 Å². The van der Waals surface area contributed by atoms with Gasteiger partial charge in [-0.1, -0.05) is 55.5 Å². The highest BCUT2D eigenvalue weighted by Crippen LogP contribution is 2.60. The molecular formula is C23H22N2S. The molecule has 130 valence electrons. The second kappa shape index (κ2) is 5.82. The van der Waals surface area contributed by atoms with Crippen molar-refractivity contribution in [3.8, 4) is 0 Å². The molecule has 26 heavy (non-hydrogen) atoms. The largest absolute Gasteiger partial charge is 0.344 e. The summed E-state index contributed by atoms with van der Waals surface area (Å²) < 4.78 is 0. The number of nitrogens with zero attached hydrogens (tertiary/aromatic N) is 2. The molecule has 0 N–H and O–H groups in total. The van der Waals surface area contributed by atoms with Crippen LogP contribution in [0.25, 0.3) is 0 Å². The number of fused-ring (bicyclic) bond motifs is 2.